The average Bonchev–Trinajstić information content (AvgIpc) is 2.49. The molecular formula is C8H6ClIN2. The summed E-state index contributed by atoms with van der Waals surface area (Å²) >= 11 is 7.94. The van der Waals surface area contributed by atoms with Crippen molar-refractivity contribution in [3.05, 3.63) is 33.8 Å². The summed E-state index contributed by atoms with van der Waals surface area (Å²) in [5.41, 5.74) is 1.87. The minimum Gasteiger partial charge on any atom is -0.294 e. The first-order valence-electron chi connectivity index (χ1n) is 3.50. The molecule has 2 nitrogen and oxygen atoms in total. The van der Waals surface area contributed by atoms with Gasteiger partial charge < -0.3 is 0 Å². The zero-order chi connectivity index (χ0) is 8.55. The monoisotopic (exact) mass is 292 g/mol. The molecule has 62 valence electrons. The molecule has 0 spiro atoms. The number of imidazole rings is 1. The molecule has 2 heterocycles. The maximum absolute atomic E-state index is 5.67. The van der Waals surface area contributed by atoms with Gasteiger partial charge in [-0.2, -0.15) is 0 Å². The quantitative estimate of drug-likeness (QED) is 0.449. The summed E-state index contributed by atoms with van der Waals surface area (Å²) in [6.45, 7) is 0. The third-order valence-corrected chi connectivity index (χ3v) is 2.78. The molecule has 2 rings (SSSR count). The SMILES string of the molecule is ClCc1cn2c(I)cccc2n1. The van der Waals surface area contributed by atoms with Crippen molar-refractivity contribution < 1.29 is 0 Å². The number of halogens is 2. The molecule has 0 aliphatic carbocycles. The molecule has 0 N–H and O–H groups in total. The molecule has 4 heteroatoms. The third kappa shape index (κ3) is 1.31. The van der Waals surface area contributed by atoms with Crippen molar-refractivity contribution >= 4 is 39.8 Å². The highest BCUT2D eigenvalue weighted by molar-refractivity contribution is 14.1. The molecule has 12 heavy (non-hydrogen) atoms. The number of nitrogens with zero attached hydrogens (tertiary/aromatic N) is 2. The van der Waals surface area contributed by atoms with Crippen LogP contribution in [0.25, 0.3) is 5.65 Å². The molecule has 0 aromatic carbocycles. The van der Waals surface area contributed by atoms with E-state index in [1.165, 1.54) is 0 Å². The molecule has 0 atom stereocenters. The lowest BCUT2D eigenvalue weighted by molar-refractivity contribution is 1.14. The number of hydrogen-bond acceptors (Lipinski definition) is 1. The van der Waals surface area contributed by atoms with Crippen LogP contribution >= 0.6 is 34.2 Å². The van der Waals surface area contributed by atoms with Crippen LogP contribution in [0.15, 0.2) is 24.4 Å². The Morgan fingerprint density at radius 1 is 1.50 bits per heavy atom. The van der Waals surface area contributed by atoms with Gasteiger partial charge in [-0.15, -0.1) is 11.6 Å². The van der Waals surface area contributed by atoms with E-state index in [2.05, 4.69) is 27.6 Å². The average molecular weight is 293 g/mol. The summed E-state index contributed by atoms with van der Waals surface area (Å²) in [5, 5.41) is 0. The maximum Gasteiger partial charge on any atom is 0.137 e. The maximum atomic E-state index is 5.67. The molecule has 0 saturated carbocycles. The molecule has 0 fully saturated rings. The summed E-state index contributed by atoms with van der Waals surface area (Å²) in [5.74, 6) is 0.470. The van der Waals surface area contributed by atoms with Crippen LogP contribution < -0.4 is 0 Å². The van der Waals surface area contributed by atoms with Crippen LogP contribution in [-0.4, -0.2) is 9.38 Å². The first-order chi connectivity index (χ1) is 5.81. The van der Waals surface area contributed by atoms with E-state index in [1.54, 1.807) is 0 Å². The van der Waals surface area contributed by atoms with Gasteiger partial charge in [-0.05, 0) is 34.7 Å². The third-order valence-electron chi connectivity index (χ3n) is 1.63. The van der Waals surface area contributed by atoms with E-state index < -0.39 is 0 Å². The fourth-order valence-corrected chi connectivity index (χ4v) is 1.81. The largest absolute Gasteiger partial charge is 0.294 e. The van der Waals surface area contributed by atoms with Crippen molar-refractivity contribution in [1.82, 2.24) is 9.38 Å². The van der Waals surface area contributed by atoms with Crippen LogP contribution in [0.2, 0.25) is 0 Å². The molecular weight excluding hydrogens is 286 g/mol. The molecule has 0 unspecified atom stereocenters. The smallest absolute Gasteiger partial charge is 0.137 e. The second-order valence-electron chi connectivity index (χ2n) is 2.44. The van der Waals surface area contributed by atoms with Crippen LogP contribution in [0.4, 0.5) is 0 Å². The van der Waals surface area contributed by atoms with Gasteiger partial charge in [-0.25, -0.2) is 4.98 Å². The van der Waals surface area contributed by atoms with Gasteiger partial charge in [0.1, 0.15) is 5.65 Å². The first-order valence-corrected chi connectivity index (χ1v) is 5.11. The highest BCUT2D eigenvalue weighted by atomic mass is 127. The van der Waals surface area contributed by atoms with Crippen LogP contribution in [0.5, 0.6) is 0 Å². The van der Waals surface area contributed by atoms with Crippen molar-refractivity contribution in [3.8, 4) is 0 Å². The van der Waals surface area contributed by atoms with Crippen LogP contribution in [0.1, 0.15) is 5.69 Å². The van der Waals surface area contributed by atoms with Crippen molar-refractivity contribution in [1.29, 1.82) is 0 Å². The van der Waals surface area contributed by atoms with Gasteiger partial charge in [-0.3, -0.25) is 4.40 Å². The van der Waals surface area contributed by atoms with Crippen LogP contribution in [0.3, 0.4) is 0 Å². The van der Waals surface area contributed by atoms with E-state index in [4.69, 9.17) is 11.6 Å². The molecule has 0 aliphatic rings. The summed E-state index contributed by atoms with van der Waals surface area (Å²) in [4.78, 5) is 4.32. The fourth-order valence-electron chi connectivity index (χ4n) is 1.09. The van der Waals surface area contributed by atoms with Gasteiger partial charge in [0.25, 0.3) is 0 Å². The number of aromatic nitrogens is 2. The lowest BCUT2D eigenvalue weighted by atomic mass is 10.5. The predicted molar refractivity (Wildman–Crippen MR) is 57.5 cm³/mol. The normalized spacial score (nSPS) is 10.8. The Hall–Kier alpha value is -0.290. The standard InChI is InChI=1S/C8H6ClIN2/c9-4-6-5-12-7(10)2-1-3-8(12)11-6/h1-3,5H,4H2. The number of rotatable bonds is 1. The highest BCUT2D eigenvalue weighted by Crippen LogP contribution is 2.11. The number of fused-ring (bicyclic) bond motifs is 1. The van der Waals surface area contributed by atoms with E-state index in [0.717, 1.165) is 15.0 Å². The van der Waals surface area contributed by atoms with E-state index in [-0.39, 0.29) is 0 Å². The molecule has 2 aromatic rings. The van der Waals surface area contributed by atoms with Crippen molar-refractivity contribution in [2.75, 3.05) is 0 Å². The van der Waals surface area contributed by atoms with Crippen molar-refractivity contribution in [2.24, 2.45) is 0 Å². The van der Waals surface area contributed by atoms with Gasteiger partial charge in [0, 0.05) is 6.20 Å². The Bertz CT molecular complexity index is 410. The Morgan fingerprint density at radius 3 is 3.00 bits per heavy atom. The van der Waals surface area contributed by atoms with E-state index >= 15 is 0 Å². The highest BCUT2D eigenvalue weighted by Gasteiger charge is 2.01. The van der Waals surface area contributed by atoms with Crippen molar-refractivity contribution in [3.63, 3.8) is 0 Å². The molecule has 0 amide bonds. The Labute approximate surface area is 88.7 Å². The minimum absolute atomic E-state index is 0.470. The van der Waals surface area contributed by atoms with Crippen molar-refractivity contribution in [2.45, 2.75) is 5.88 Å². The second kappa shape index (κ2) is 3.22. The van der Waals surface area contributed by atoms with Gasteiger partial charge in [0.15, 0.2) is 0 Å². The second-order valence-corrected chi connectivity index (χ2v) is 3.82. The zero-order valence-electron chi connectivity index (χ0n) is 6.17. The fraction of sp³-hybridized carbons (Fsp3) is 0.125. The molecule has 0 aliphatic heterocycles. The summed E-state index contributed by atoms with van der Waals surface area (Å²) in [6.07, 6.45) is 1.96. The molecule has 0 radical (unpaired) electrons. The first kappa shape index (κ1) is 8.31. The number of hydrogen-bond donors (Lipinski definition) is 0. The Balaban J connectivity index is 2.74. The van der Waals surface area contributed by atoms with Gasteiger partial charge in [-0.1, -0.05) is 6.07 Å². The molecule has 2 aromatic heterocycles. The minimum atomic E-state index is 0.470. The summed E-state index contributed by atoms with van der Waals surface area (Å²) in [6, 6.07) is 5.99. The predicted octanol–water partition coefficient (Wildman–Crippen LogP) is 2.68. The lowest BCUT2D eigenvalue weighted by Gasteiger charge is -1.93. The van der Waals surface area contributed by atoms with Crippen LogP contribution in [-0.2, 0) is 5.88 Å². The summed E-state index contributed by atoms with van der Waals surface area (Å²) < 4.78 is 3.17. The van der Waals surface area contributed by atoms with E-state index in [0.29, 0.717) is 5.88 Å². The van der Waals surface area contributed by atoms with Crippen LogP contribution in [0, 0.1) is 3.70 Å². The molecule has 0 bridgehead atoms. The summed E-state index contributed by atoms with van der Waals surface area (Å²) in [7, 11) is 0. The van der Waals surface area contributed by atoms with Gasteiger partial charge >= 0.3 is 0 Å². The van der Waals surface area contributed by atoms with E-state index in [1.807, 2.05) is 28.8 Å². The zero-order valence-corrected chi connectivity index (χ0v) is 9.08. The van der Waals surface area contributed by atoms with Gasteiger partial charge in [0.05, 0.1) is 15.3 Å². The number of pyridine rings is 1. The number of alkyl halides is 1. The molecule has 0 saturated heterocycles. The topological polar surface area (TPSA) is 17.3 Å². The Kier molecular flexibility index (Phi) is 2.23. The Morgan fingerprint density at radius 2 is 2.33 bits per heavy atom. The lowest BCUT2D eigenvalue weighted by Crippen LogP contribution is -1.86. The van der Waals surface area contributed by atoms with E-state index in [9.17, 15) is 0 Å². The van der Waals surface area contributed by atoms with Gasteiger partial charge in [0.2, 0.25) is 0 Å².